The van der Waals surface area contributed by atoms with E-state index in [4.69, 9.17) is 19.2 Å². The van der Waals surface area contributed by atoms with E-state index >= 15 is 4.39 Å². The van der Waals surface area contributed by atoms with Crippen LogP contribution in [0.3, 0.4) is 0 Å². The number of carbonyl (C=O) groups is 4. The number of piperidine rings is 1. The largest absolute Gasteiger partial charge is 0.464 e. The molecule has 0 spiro atoms. The van der Waals surface area contributed by atoms with E-state index in [1.54, 1.807) is 17.5 Å². The Labute approximate surface area is 390 Å². The summed E-state index contributed by atoms with van der Waals surface area (Å²) >= 11 is 1.68. The van der Waals surface area contributed by atoms with Crippen molar-refractivity contribution in [3.63, 3.8) is 0 Å². The molecule has 0 bridgehead atoms. The maximum absolute atomic E-state index is 15.1. The summed E-state index contributed by atoms with van der Waals surface area (Å²) in [6, 6.07) is 16.3. The molecule has 8 atom stereocenters. The number of nitrogens with zero attached hydrogens (tertiary/aromatic N) is 5. The fourth-order valence-corrected chi connectivity index (χ4v) is 11.1. The first-order valence-corrected chi connectivity index (χ1v) is 23.6. The zero-order valence-electron chi connectivity index (χ0n) is 38.3. The number of alkyl halides is 1. The zero-order valence-corrected chi connectivity index (χ0v) is 39.1. The average molecular weight is 932 g/mol. The second kappa shape index (κ2) is 17.2. The van der Waals surface area contributed by atoms with Crippen LogP contribution in [-0.2, 0) is 19.1 Å². The lowest BCUT2D eigenvalue weighted by molar-refractivity contribution is -0.137. The molecule has 7 heterocycles. The van der Waals surface area contributed by atoms with E-state index in [2.05, 4.69) is 73.5 Å². The first-order chi connectivity index (χ1) is 32.2. The molecule has 0 radical (unpaired) electrons. The summed E-state index contributed by atoms with van der Waals surface area (Å²) in [7, 11) is 2.53. The number of fused-ring (bicyclic) bond motifs is 6. The van der Waals surface area contributed by atoms with E-state index in [1.165, 1.54) is 19.1 Å². The maximum Gasteiger partial charge on any atom is 0.407 e. The van der Waals surface area contributed by atoms with Crippen molar-refractivity contribution in [1.82, 2.24) is 44.9 Å². The number of alkyl carbamates (subject to hydrolysis) is 2. The van der Waals surface area contributed by atoms with E-state index < -0.39 is 48.6 Å². The van der Waals surface area contributed by atoms with E-state index in [1.807, 2.05) is 57.0 Å². The minimum absolute atomic E-state index is 0.0716. The Balaban J connectivity index is 0.942. The molecule has 1 unspecified atom stereocenters. The summed E-state index contributed by atoms with van der Waals surface area (Å²) in [4.78, 5) is 74.1. The fraction of sp³-hybridized carbons (Fsp3) is 0.429. The molecule has 10 rings (SSSR count). The van der Waals surface area contributed by atoms with Crippen LogP contribution in [0.2, 0.25) is 0 Å². The van der Waals surface area contributed by atoms with E-state index in [0.29, 0.717) is 23.2 Å². The third-order valence-corrected chi connectivity index (χ3v) is 14.7. The van der Waals surface area contributed by atoms with Gasteiger partial charge in [-0.05, 0) is 80.0 Å². The number of benzene rings is 2. The van der Waals surface area contributed by atoms with Gasteiger partial charge < -0.3 is 44.6 Å². The monoisotopic (exact) mass is 931 g/mol. The van der Waals surface area contributed by atoms with Crippen molar-refractivity contribution < 1.29 is 37.8 Å². The quantitative estimate of drug-likeness (QED) is 0.0989. The van der Waals surface area contributed by atoms with Crippen LogP contribution in [-0.4, -0.2) is 103 Å². The lowest BCUT2D eigenvalue weighted by atomic mass is 10.0. The Kier molecular flexibility index (Phi) is 11.3. The number of halogens is 1. The maximum atomic E-state index is 15.1. The molecule has 18 heteroatoms. The van der Waals surface area contributed by atoms with E-state index in [9.17, 15) is 19.2 Å². The molecule has 67 heavy (non-hydrogen) atoms. The predicted octanol–water partition coefficient (Wildman–Crippen LogP) is 8.43. The molecule has 3 aliphatic heterocycles. The van der Waals surface area contributed by atoms with Gasteiger partial charge in [-0.2, -0.15) is 0 Å². The summed E-state index contributed by atoms with van der Waals surface area (Å²) in [5, 5.41) is 6.37. The lowest BCUT2D eigenvalue weighted by Gasteiger charge is -2.31. The van der Waals surface area contributed by atoms with Crippen molar-refractivity contribution >= 4 is 46.2 Å². The average Bonchev–Trinajstić information content (AvgIpc) is 4.05. The number of amides is 4. The minimum atomic E-state index is -1.25. The number of thiophene rings is 1. The highest BCUT2D eigenvalue weighted by Gasteiger charge is 2.56. The highest BCUT2D eigenvalue weighted by Crippen LogP contribution is 2.54. The minimum Gasteiger partial charge on any atom is -0.464 e. The highest BCUT2D eigenvalue weighted by atomic mass is 32.1. The first-order valence-electron chi connectivity index (χ1n) is 22.8. The molecule has 1 saturated carbocycles. The third-order valence-electron chi connectivity index (χ3n) is 13.7. The van der Waals surface area contributed by atoms with Gasteiger partial charge in [0.05, 0.1) is 72.7 Å². The highest BCUT2D eigenvalue weighted by molar-refractivity contribution is 7.12. The molecule has 16 nitrogen and oxygen atoms in total. The molecule has 6 aromatic rings. The Hall–Kier alpha value is -6.69. The molecule has 3 fully saturated rings. The second-order valence-corrected chi connectivity index (χ2v) is 20.1. The van der Waals surface area contributed by atoms with Gasteiger partial charge >= 0.3 is 12.2 Å². The molecule has 4 amide bonds. The van der Waals surface area contributed by atoms with Gasteiger partial charge in [0.25, 0.3) is 0 Å². The fourth-order valence-electron chi connectivity index (χ4n) is 10.2. The van der Waals surface area contributed by atoms with Crippen LogP contribution in [0.1, 0.15) is 86.7 Å². The second-order valence-electron chi connectivity index (χ2n) is 18.8. The normalized spacial score (nSPS) is 22.5. The molecule has 4 N–H and O–H groups in total. The van der Waals surface area contributed by atoms with Gasteiger partial charge in [0.2, 0.25) is 18.0 Å². The van der Waals surface area contributed by atoms with Gasteiger partial charge in [-0.15, -0.1) is 11.3 Å². The van der Waals surface area contributed by atoms with Crippen LogP contribution in [0.25, 0.3) is 44.7 Å². The van der Waals surface area contributed by atoms with Crippen molar-refractivity contribution in [3.05, 3.63) is 88.4 Å². The molecule has 4 aromatic heterocycles. The van der Waals surface area contributed by atoms with Gasteiger partial charge in [0.15, 0.2) is 0 Å². The molecule has 350 valence electrons. The van der Waals surface area contributed by atoms with Gasteiger partial charge in [0, 0.05) is 39.4 Å². The Bertz CT molecular complexity index is 2900. The number of likely N-dealkylation sites (tertiary alicyclic amines) is 2. The molecule has 2 aromatic carbocycles. The number of carbonyl (C=O) groups excluding carboxylic acids is 4. The SMILES string of the molecule is COC(=O)N[C@H](C(=O)N1C[C@H](F)C[C@H]1c1ncc(-c2ccc3c(c2)OC(c2ccc(C)s2)n2c-3cc3cc(-c4cnc([C@@H]5C[C@H]6C[C@H]6N5C(=O)[C@@H](NC(=O)OC)C(C)C)[nH]4)ccc32)[nH]1)C(C)C. The Morgan fingerprint density at radius 3 is 2.09 bits per heavy atom. The predicted molar refractivity (Wildman–Crippen MR) is 249 cm³/mol. The van der Waals surface area contributed by atoms with Crippen LogP contribution in [0.5, 0.6) is 5.75 Å². The molecule has 1 aliphatic carbocycles. The lowest BCUT2D eigenvalue weighted by Crippen LogP contribution is -2.52. The Morgan fingerprint density at radius 2 is 1.45 bits per heavy atom. The number of hydrogen-bond acceptors (Lipinski definition) is 10. The number of hydrogen-bond donors (Lipinski definition) is 4. The molecular formula is C49H54FN9O7S. The number of nitrogens with one attached hydrogen (secondary N) is 4. The molecule has 4 aliphatic rings. The summed E-state index contributed by atoms with van der Waals surface area (Å²) in [5.74, 6) is 1.35. The summed E-state index contributed by atoms with van der Waals surface area (Å²) in [5.41, 5.74) is 6.15. The summed E-state index contributed by atoms with van der Waals surface area (Å²) in [6.07, 6.45) is 2.27. The molecular weight excluding hydrogens is 878 g/mol. The number of rotatable bonds is 11. The third kappa shape index (κ3) is 7.97. The number of aryl methyl sites for hydroxylation is 1. The van der Waals surface area contributed by atoms with Crippen molar-refractivity contribution in [2.45, 2.75) is 96.5 Å². The van der Waals surface area contributed by atoms with Crippen LogP contribution in [0.15, 0.2) is 67.0 Å². The van der Waals surface area contributed by atoms with Crippen molar-refractivity contribution in [1.29, 1.82) is 0 Å². The van der Waals surface area contributed by atoms with Gasteiger partial charge in [0.1, 0.15) is 35.7 Å². The number of H-pyrrole nitrogens is 2. The first kappa shape index (κ1) is 44.2. The van der Waals surface area contributed by atoms with Crippen LogP contribution >= 0.6 is 11.3 Å². The number of aromatic amines is 2. The van der Waals surface area contributed by atoms with Gasteiger partial charge in [-0.3, -0.25) is 14.2 Å². The van der Waals surface area contributed by atoms with Crippen LogP contribution < -0.4 is 15.4 Å². The topological polar surface area (TPSA) is 189 Å². The van der Waals surface area contributed by atoms with Gasteiger partial charge in [-0.25, -0.2) is 23.9 Å². The smallest absolute Gasteiger partial charge is 0.407 e. The van der Waals surface area contributed by atoms with Crippen LogP contribution in [0.4, 0.5) is 14.0 Å². The van der Waals surface area contributed by atoms with E-state index in [-0.39, 0.29) is 42.8 Å². The number of methoxy groups -OCH3 is 2. The molecule has 2 saturated heterocycles. The van der Waals surface area contributed by atoms with Crippen molar-refractivity contribution in [3.8, 4) is 39.5 Å². The number of ether oxygens (including phenoxy) is 3. The standard InChI is InChI=1S/C49H54FN9O7S/c1-23(2)41(55-48(62)64-6)45(60)57-22-30(50)19-37(57)43-51-21-33(53-43)27-9-11-31-36-16-28-14-26(10-12-34(28)59(36)47(66-39(31)18-27)40-13-8-25(5)67-40)32-20-52-44(54-32)38-17-29-15-35(29)58(38)46(61)42(24(3)4)56-49(63)65-7/h8-14,16,18,20-21,23-24,29-30,35,37-38,41-42,47H,15,17,19,22H2,1-7H3,(H,51,53)(H,52,54)(H,55,62)(H,56,63)/t29-,30-,35-,37+,38+,41+,42+,47?/m1/s1. The van der Waals surface area contributed by atoms with Crippen LogP contribution in [0, 0.1) is 24.7 Å². The van der Waals surface area contributed by atoms with Crippen molar-refractivity contribution in [2.24, 2.45) is 17.8 Å². The van der Waals surface area contributed by atoms with E-state index in [0.717, 1.165) is 67.4 Å². The summed E-state index contributed by atoms with van der Waals surface area (Å²) in [6.45, 7) is 9.42. The zero-order chi connectivity index (χ0) is 47.0. The number of imidazole rings is 2. The van der Waals surface area contributed by atoms with Gasteiger partial charge in [-0.1, -0.05) is 39.8 Å². The summed E-state index contributed by atoms with van der Waals surface area (Å²) < 4.78 is 33.8. The number of aromatic nitrogens is 5. The van der Waals surface area contributed by atoms with Crippen molar-refractivity contribution in [2.75, 3.05) is 20.8 Å². The Morgan fingerprint density at radius 1 is 0.806 bits per heavy atom.